The molecule has 32 heavy (non-hydrogen) atoms. The summed E-state index contributed by atoms with van der Waals surface area (Å²) in [4.78, 5) is 34.5. The molecule has 0 bridgehead atoms. The number of nitrogens with zero attached hydrogens (tertiary/aromatic N) is 3. The molecule has 0 saturated carbocycles. The number of hydrogen-bond acceptors (Lipinski definition) is 5. The molecule has 0 spiro atoms. The molecule has 2 amide bonds. The predicted octanol–water partition coefficient (Wildman–Crippen LogP) is 4.23. The lowest BCUT2D eigenvalue weighted by atomic mass is 9.90. The standard InChI is InChI=1S/C26H21N3O3/c1-16-8-13-21(17(2)14-16)28-25(30)22-23(19-11-9-18(15-27)10-12-19)29(32-24(22)26(28)31)20-6-4-3-5-7-20/h3-14,22-24H,1-2H3/t22-,23+,24-/m0/s1. The maximum Gasteiger partial charge on any atom is 0.266 e. The highest BCUT2D eigenvalue weighted by Crippen LogP contribution is 2.47. The maximum atomic E-state index is 13.7. The van der Waals surface area contributed by atoms with Gasteiger partial charge in [0.05, 0.1) is 29.0 Å². The number of nitriles is 1. The molecular formula is C26H21N3O3. The van der Waals surface area contributed by atoms with Crippen molar-refractivity contribution in [2.45, 2.75) is 26.0 Å². The molecule has 0 aliphatic carbocycles. The fourth-order valence-corrected chi connectivity index (χ4v) is 4.60. The summed E-state index contributed by atoms with van der Waals surface area (Å²) in [5.41, 5.74) is 4.61. The van der Waals surface area contributed by atoms with E-state index in [0.717, 1.165) is 22.4 Å². The average Bonchev–Trinajstić information content (AvgIpc) is 3.31. The zero-order valence-electron chi connectivity index (χ0n) is 17.7. The largest absolute Gasteiger partial charge is 0.273 e. The molecule has 5 rings (SSSR count). The third-order valence-electron chi connectivity index (χ3n) is 6.10. The van der Waals surface area contributed by atoms with Gasteiger partial charge in [-0.25, -0.2) is 9.96 Å². The minimum Gasteiger partial charge on any atom is -0.273 e. The van der Waals surface area contributed by atoms with Gasteiger partial charge >= 0.3 is 0 Å². The van der Waals surface area contributed by atoms with Gasteiger partial charge in [-0.15, -0.1) is 0 Å². The van der Waals surface area contributed by atoms with Crippen LogP contribution in [-0.2, 0) is 14.4 Å². The van der Waals surface area contributed by atoms with E-state index in [4.69, 9.17) is 10.1 Å². The fraction of sp³-hybridized carbons (Fsp3) is 0.192. The van der Waals surface area contributed by atoms with Crippen LogP contribution in [-0.4, -0.2) is 17.9 Å². The van der Waals surface area contributed by atoms with Gasteiger partial charge in [0, 0.05) is 0 Å². The first kappa shape index (κ1) is 20.0. The Labute approximate surface area is 186 Å². The van der Waals surface area contributed by atoms with Crippen LogP contribution in [0.2, 0.25) is 0 Å². The van der Waals surface area contributed by atoms with Crippen LogP contribution in [0.25, 0.3) is 0 Å². The van der Waals surface area contributed by atoms with Crippen LogP contribution >= 0.6 is 0 Å². The van der Waals surface area contributed by atoms with Crippen LogP contribution in [0.1, 0.15) is 28.3 Å². The summed E-state index contributed by atoms with van der Waals surface area (Å²) in [5, 5.41) is 10.8. The maximum absolute atomic E-state index is 13.7. The van der Waals surface area contributed by atoms with Crippen LogP contribution < -0.4 is 9.96 Å². The first-order valence-electron chi connectivity index (χ1n) is 10.5. The van der Waals surface area contributed by atoms with Gasteiger partial charge in [-0.2, -0.15) is 5.26 Å². The van der Waals surface area contributed by atoms with E-state index in [-0.39, 0.29) is 11.8 Å². The molecule has 2 aliphatic rings. The highest BCUT2D eigenvalue weighted by Gasteiger charge is 2.60. The summed E-state index contributed by atoms with van der Waals surface area (Å²) in [7, 11) is 0. The lowest BCUT2D eigenvalue weighted by Crippen LogP contribution is -2.37. The molecule has 3 aromatic rings. The van der Waals surface area contributed by atoms with Crippen molar-refractivity contribution < 1.29 is 14.4 Å². The molecule has 6 nitrogen and oxygen atoms in total. The number of carbonyl (C=O) groups is 2. The van der Waals surface area contributed by atoms with E-state index in [1.165, 1.54) is 4.90 Å². The highest BCUT2D eigenvalue weighted by atomic mass is 16.7. The van der Waals surface area contributed by atoms with E-state index < -0.39 is 18.1 Å². The van der Waals surface area contributed by atoms with Crippen molar-refractivity contribution in [3.63, 3.8) is 0 Å². The van der Waals surface area contributed by atoms with Gasteiger partial charge < -0.3 is 0 Å². The number of amides is 2. The quantitative estimate of drug-likeness (QED) is 0.590. The Morgan fingerprint density at radius 2 is 1.62 bits per heavy atom. The number of imide groups is 1. The van der Waals surface area contributed by atoms with Gasteiger partial charge in [0.15, 0.2) is 6.10 Å². The molecule has 0 unspecified atom stereocenters. The van der Waals surface area contributed by atoms with Crippen LogP contribution in [0.4, 0.5) is 11.4 Å². The number of benzene rings is 3. The van der Waals surface area contributed by atoms with Crippen molar-refractivity contribution >= 4 is 23.2 Å². The number of rotatable bonds is 3. The monoisotopic (exact) mass is 423 g/mol. The molecule has 2 aliphatic heterocycles. The van der Waals surface area contributed by atoms with Crippen LogP contribution in [0.3, 0.4) is 0 Å². The van der Waals surface area contributed by atoms with Crippen molar-refractivity contribution in [2.24, 2.45) is 5.92 Å². The Morgan fingerprint density at radius 3 is 2.28 bits per heavy atom. The van der Waals surface area contributed by atoms with Crippen molar-refractivity contribution in [2.75, 3.05) is 9.96 Å². The molecule has 3 atom stereocenters. The van der Waals surface area contributed by atoms with E-state index in [1.54, 1.807) is 17.2 Å². The molecule has 2 saturated heterocycles. The Hall–Kier alpha value is -3.95. The Morgan fingerprint density at radius 1 is 0.906 bits per heavy atom. The predicted molar refractivity (Wildman–Crippen MR) is 120 cm³/mol. The van der Waals surface area contributed by atoms with Crippen molar-refractivity contribution in [1.82, 2.24) is 0 Å². The smallest absolute Gasteiger partial charge is 0.266 e. The second-order valence-corrected chi connectivity index (χ2v) is 8.19. The number of para-hydroxylation sites is 1. The summed E-state index contributed by atoms with van der Waals surface area (Å²) < 4.78 is 0. The van der Waals surface area contributed by atoms with E-state index in [2.05, 4.69) is 6.07 Å². The zero-order valence-corrected chi connectivity index (χ0v) is 17.7. The van der Waals surface area contributed by atoms with Crippen molar-refractivity contribution in [3.8, 4) is 6.07 Å². The number of hydroxylamine groups is 1. The minimum absolute atomic E-state index is 0.278. The summed E-state index contributed by atoms with van der Waals surface area (Å²) in [6, 6.07) is 23.8. The molecular weight excluding hydrogens is 402 g/mol. The Bertz CT molecular complexity index is 1250. The van der Waals surface area contributed by atoms with E-state index in [1.807, 2.05) is 74.5 Å². The highest BCUT2D eigenvalue weighted by molar-refractivity contribution is 6.24. The molecule has 0 N–H and O–H groups in total. The van der Waals surface area contributed by atoms with Crippen molar-refractivity contribution in [1.29, 1.82) is 5.26 Å². The molecule has 0 aromatic heterocycles. The number of anilines is 2. The average molecular weight is 423 g/mol. The Kier molecular flexibility index (Phi) is 4.76. The Balaban J connectivity index is 1.59. The molecule has 0 radical (unpaired) electrons. The second-order valence-electron chi connectivity index (χ2n) is 8.19. The first-order chi connectivity index (χ1) is 15.5. The summed E-state index contributed by atoms with van der Waals surface area (Å²) in [6.45, 7) is 3.87. The third-order valence-corrected chi connectivity index (χ3v) is 6.10. The topological polar surface area (TPSA) is 73.6 Å². The zero-order chi connectivity index (χ0) is 22.4. The summed E-state index contributed by atoms with van der Waals surface area (Å²) in [6.07, 6.45) is -0.913. The lowest BCUT2D eigenvalue weighted by molar-refractivity contribution is -0.126. The SMILES string of the molecule is Cc1ccc(N2C(=O)[C@@H]3[C@H](ON(c4ccccc4)[C@@H]3c3ccc(C#N)cc3)C2=O)c(C)c1. The van der Waals surface area contributed by atoms with Gasteiger partial charge in [0.2, 0.25) is 5.91 Å². The number of aryl methyl sites for hydroxylation is 2. The van der Waals surface area contributed by atoms with Crippen LogP contribution in [0, 0.1) is 31.1 Å². The number of carbonyl (C=O) groups excluding carboxylic acids is 2. The van der Waals surface area contributed by atoms with Gasteiger partial charge in [0.25, 0.3) is 5.91 Å². The second kappa shape index (κ2) is 7.63. The molecule has 158 valence electrons. The lowest BCUT2D eigenvalue weighted by Gasteiger charge is -2.29. The van der Waals surface area contributed by atoms with E-state index in [9.17, 15) is 9.59 Å². The number of hydrogen-bond donors (Lipinski definition) is 0. The fourth-order valence-electron chi connectivity index (χ4n) is 4.60. The normalized spacial score (nSPS) is 22.2. The minimum atomic E-state index is -0.913. The third kappa shape index (κ3) is 3.06. The van der Waals surface area contributed by atoms with Gasteiger partial charge in [-0.1, -0.05) is 48.0 Å². The van der Waals surface area contributed by atoms with E-state index in [0.29, 0.717) is 11.3 Å². The van der Waals surface area contributed by atoms with Crippen molar-refractivity contribution in [3.05, 3.63) is 95.1 Å². The van der Waals surface area contributed by atoms with Crippen LogP contribution in [0.15, 0.2) is 72.8 Å². The number of fused-ring (bicyclic) bond motifs is 1. The van der Waals surface area contributed by atoms with Crippen LogP contribution in [0.5, 0.6) is 0 Å². The summed E-state index contributed by atoms with van der Waals surface area (Å²) in [5.74, 6) is -1.33. The first-order valence-corrected chi connectivity index (χ1v) is 10.5. The van der Waals surface area contributed by atoms with E-state index >= 15 is 0 Å². The molecule has 2 heterocycles. The molecule has 2 fully saturated rings. The van der Waals surface area contributed by atoms with Gasteiger partial charge in [0.1, 0.15) is 5.92 Å². The molecule has 3 aromatic carbocycles. The summed E-state index contributed by atoms with van der Waals surface area (Å²) >= 11 is 0. The molecule has 6 heteroatoms. The van der Waals surface area contributed by atoms with Gasteiger partial charge in [-0.3, -0.25) is 14.4 Å². The van der Waals surface area contributed by atoms with Gasteiger partial charge in [-0.05, 0) is 55.3 Å².